The van der Waals surface area contributed by atoms with Crippen molar-refractivity contribution >= 4 is 11.9 Å². The molecule has 0 unspecified atom stereocenters. The normalized spacial score (nSPS) is 11.6. The van der Waals surface area contributed by atoms with Crippen LogP contribution in [0.15, 0.2) is 23.8 Å². The van der Waals surface area contributed by atoms with E-state index in [1.165, 1.54) is 4.90 Å². The van der Waals surface area contributed by atoms with Crippen molar-refractivity contribution < 1.29 is 19.8 Å². The van der Waals surface area contributed by atoms with E-state index in [4.69, 9.17) is 10.2 Å². The van der Waals surface area contributed by atoms with Crippen molar-refractivity contribution in [2.75, 3.05) is 19.6 Å². The Hall–Kier alpha value is -1.62. The summed E-state index contributed by atoms with van der Waals surface area (Å²) in [4.78, 5) is 22.4. The third-order valence-electron chi connectivity index (χ3n) is 1.68. The first-order chi connectivity index (χ1) is 7.31. The van der Waals surface area contributed by atoms with Crippen LogP contribution in [-0.2, 0) is 9.59 Å². The highest BCUT2D eigenvalue weighted by molar-refractivity contribution is 5.72. The van der Waals surface area contributed by atoms with Crippen LogP contribution in [0.2, 0.25) is 0 Å². The average molecular weight is 227 g/mol. The van der Waals surface area contributed by atoms with Crippen LogP contribution in [0.4, 0.5) is 0 Å². The van der Waals surface area contributed by atoms with E-state index in [0.717, 1.165) is 11.1 Å². The van der Waals surface area contributed by atoms with Gasteiger partial charge in [-0.05, 0) is 13.8 Å². The molecule has 0 aromatic carbocycles. The van der Waals surface area contributed by atoms with E-state index < -0.39 is 11.9 Å². The minimum Gasteiger partial charge on any atom is -0.480 e. The minimum absolute atomic E-state index is 0.284. The summed E-state index contributed by atoms with van der Waals surface area (Å²) in [7, 11) is 0. The predicted molar refractivity (Wildman–Crippen MR) is 60.3 cm³/mol. The fraction of sp³-hybridized carbons (Fsp3) is 0.455. The Bertz CT molecular complexity index is 304. The molecule has 0 bridgehead atoms. The molecule has 0 atom stereocenters. The molecule has 90 valence electrons. The van der Waals surface area contributed by atoms with Gasteiger partial charge in [0.2, 0.25) is 0 Å². The van der Waals surface area contributed by atoms with E-state index in [2.05, 4.69) is 6.58 Å². The monoisotopic (exact) mass is 227 g/mol. The molecule has 0 rings (SSSR count). The van der Waals surface area contributed by atoms with Crippen molar-refractivity contribution in [3.8, 4) is 0 Å². The molecule has 0 aromatic rings. The Labute approximate surface area is 94.7 Å². The van der Waals surface area contributed by atoms with Crippen LogP contribution in [0.1, 0.15) is 13.8 Å². The van der Waals surface area contributed by atoms with Gasteiger partial charge in [0.25, 0.3) is 0 Å². The Balaban J connectivity index is 4.46. The van der Waals surface area contributed by atoms with Crippen molar-refractivity contribution in [1.82, 2.24) is 4.90 Å². The largest absolute Gasteiger partial charge is 0.480 e. The predicted octanol–water partition coefficient (Wildman–Crippen LogP) is 0.980. The van der Waals surface area contributed by atoms with E-state index in [1.807, 2.05) is 13.8 Å². The van der Waals surface area contributed by atoms with Crippen LogP contribution in [0.5, 0.6) is 0 Å². The van der Waals surface area contributed by atoms with Gasteiger partial charge in [0, 0.05) is 6.54 Å². The first-order valence-corrected chi connectivity index (χ1v) is 4.80. The molecule has 2 N–H and O–H groups in total. The van der Waals surface area contributed by atoms with E-state index >= 15 is 0 Å². The maximum atomic E-state index is 10.5. The van der Waals surface area contributed by atoms with Gasteiger partial charge in [0.05, 0.1) is 13.1 Å². The highest BCUT2D eigenvalue weighted by atomic mass is 16.4. The lowest BCUT2D eigenvalue weighted by Crippen LogP contribution is -2.35. The molecule has 0 amide bonds. The summed E-state index contributed by atoms with van der Waals surface area (Å²) in [5.74, 6) is -2.08. The Morgan fingerprint density at radius 2 is 1.56 bits per heavy atom. The van der Waals surface area contributed by atoms with E-state index in [1.54, 1.807) is 6.08 Å². The molecular weight excluding hydrogens is 210 g/mol. The second-order valence-electron chi connectivity index (χ2n) is 3.77. The van der Waals surface area contributed by atoms with Gasteiger partial charge >= 0.3 is 11.9 Å². The number of hydrogen-bond donors (Lipinski definition) is 2. The zero-order valence-corrected chi connectivity index (χ0v) is 9.56. The summed E-state index contributed by atoms with van der Waals surface area (Å²) in [5.41, 5.74) is 1.73. The highest BCUT2D eigenvalue weighted by Gasteiger charge is 2.13. The molecule has 0 aromatic heterocycles. The number of carboxylic acids is 2. The number of allylic oxidation sites excluding steroid dienone is 2. The molecule has 0 saturated carbocycles. The molecular formula is C11H17NO4. The lowest BCUT2D eigenvalue weighted by Gasteiger charge is -2.18. The van der Waals surface area contributed by atoms with Gasteiger partial charge in [-0.15, -0.1) is 0 Å². The third kappa shape index (κ3) is 7.75. The zero-order valence-electron chi connectivity index (χ0n) is 9.56. The maximum Gasteiger partial charge on any atom is 0.317 e. The first-order valence-electron chi connectivity index (χ1n) is 4.80. The standard InChI is InChI=1S/C11H17NO4/c1-8(2)4-9(3)5-12(6-10(13)14)7-11(15)16/h4H,1,5-7H2,2-3H3,(H,13,14)(H,15,16)/b9-4+. The number of aliphatic carboxylic acids is 2. The Morgan fingerprint density at radius 1 is 1.12 bits per heavy atom. The minimum atomic E-state index is -1.04. The summed E-state index contributed by atoms with van der Waals surface area (Å²) in [6.45, 7) is 7.07. The molecule has 0 radical (unpaired) electrons. The van der Waals surface area contributed by atoms with Crippen molar-refractivity contribution in [2.24, 2.45) is 0 Å². The van der Waals surface area contributed by atoms with Crippen LogP contribution in [0, 0.1) is 0 Å². The number of nitrogens with zero attached hydrogens (tertiary/aromatic N) is 1. The SMILES string of the molecule is C=C(C)/C=C(\C)CN(CC(=O)O)CC(=O)O. The van der Waals surface area contributed by atoms with E-state index in [9.17, 15) is 9.59 Å². The van der Waals surface area contributed by atoms with Gasteiger partial charge in [-0.25, -0.2) is 0 Å². The molecule has 0 aliphatic rings. The van der Waals surface area contributed by atoms with Crippen molar-refractivity contribution in [1.29, 1.82) is 0 Å². The molecule has 5 heteroatoms. The average Bonchev–Trinajstić information content (AvgIpc) is 1.97. The molecule has 0 aliphatic carbocycles. The third-order valence-corrected chi connectivity index (χ3v) is 1.68. The van der Waals surface area contributed by atoms with Crippen LogP contribution in [-0.4, -0.2) is 46.7 Å². The summed E-state index contributed by atoms with van der Waals surface area (Å²) >= 11 is 0. The highest BCUT2D eigenvalue weighted by Crippen LogP contribution is 2.02. The molecule has 0 saturated heterocycles. The first kappa shape index (κ1) is 14.4. The molecule has 0 spiro atoms. The van der Waals surface area contributed by atoms with Gasteiger partial charge in [0.1, 0.15) is 0 Å². The van der Waals surface area contributed by atoms with Gasteiger partial charge in [-0.2, -0.15) is 0 Å². The summed E-state index contributed by atoms with van der Waals surface area (Å²) in [5, 5.41) is 17.2. The Morgan fingerprint density at radius 3 is 1.88 bits per heavy atom. The lowest BCUT2D eigenvalue weighted by atomic mass is 10.2. The van der Waals surface area contributed by atoms with Crippen LogP contribution >= 0.6 is 0 Å². The van der Waals surface area contributed by atoms with E-state index in [0.29, 0.717) is 6.54 Å². The number of carbonyl (C=O) groups is 2. The van der Waals surface area contributed by atoms with Crippen molar-refractivity contribution in [2.45, 2.75) is 13.8 Å². The van der Waals surface area contributed by atoms with Gasteiger partial charge in [-0.3, -0.25) is 14.5 Å². The second kappa shape index (κ2) is 6.79. The molecule has 0 heterocycles. The number of hydrogen-bond acceptors (Lipinski definition) is 3. The smallest absolute Gasteiger partial charge is 0.317 e. The fourth-order valence-corrected chi connectivity index (χ4v) is 1.37. The molecule has 16 heavy (non-hydrogen) atoms. The van der Waals surface area contributed by atoms with Crippen LogP contribution in [0.3, 0.4) is 0 Å². The summed E-state index contributed by atoms with van der Waals surface area (Å²) in [6, 6.07) is 0. The Kier molecular flexibility index (Phi) is 6.10. The maximum absolute atomic E-state index is 10.5. The molecule has 0 fully saturated rings. The quantitative estimate of drug-likeness (QED) is 0.634. The van der Waals surface area contributed by atoms with Crippen molar-refractivity contribution in [3.63, 3.8) is 0 Å². The van der Waals surface area contributed by atoms with Gasteiger partial charge in [0.15, 0.2) is 0 Å². The van der Waals surface area contributed by atoms with Gasteiger partial charge in [-0.1, -0.05) is 23.8 Å². The molecule has 0 aliphatic heterocycles. The zero-order chi connectivity index (χ0) is 12.7. The van der Waals surface area contributed by atoms with Crippen molar-refractivity contribution in [3.05, 3.63) is 23.8 Å². The van der Waals surface area contributed by atoms with E-state index in [-0.39, 0.29) is 13.1 Å². The number of carboxylic acid groups (broad SMARTS) is 2. The summed E-state index contributed by atoms with van der Waals surface area (Å²) < 4.78 is 0. The fourth-order valence-electron chi connectivity index (χ4n) is 1.37. The topological polar surface area (TPSA) is 77.8 Å². The van der Waals surface area contributed by atoms with Crippen LogP contribution < -0.4 is 0 Å². The number of rotatable bonds is 7. The molecule has 5 nitrogen and oxygen atoms in total. The van der Waals surface area contributed by atoms with Gasteiger partial charge < -0.3 is 10.2 Å². The second-order valence-corrected chi connectivity index (χ2v) is 3.77. The summed E-state index contributed by atoms with van der Waals surface area (Å²) in [6.07, 6.45) is 1.80. The van der Waals surface area contributed by atoms with Crippen LogP contribution in [0.25, 0.3) is 0 Å². The lowest BCUT2D eigenvalue weighted by molar-refractivity contribution is -0.141.